The number of nitrogens with zero attached hydrogens (tertiary/aromatic N) is 2. The van der Waals surface area contributed by atoms with Gasteiger partial charge in [0, 0.05) is 35.2 Å². The molecular formula is C18H16ClN3O3S3. The summed E-state index contributed by atoms with van der Waals surface area (Å²) < 4.78 is 28.3. The molecule has 146 valence electrons. The highest BCUT2D eigenvalue weighted by atomic mass is 35.5. The number of hydrogen-bond donors (Lipinski definition) is 1. The molecule has 2 heterocycles. The maximum Gasteiger partial charge on any atom is 0.263 e. The van der Waals surface area contributed by atoms with Crippen LogP contribution in [0.3, 0.4) is 0 Å². The average Bonchev–Trinajstić information content (AvgIpc) is 3.09. The van der Waals surface area contributed by atoms with Gasteiger partial charge in [0.25, 0.3) is 15.9 Å². The highest BCUT2D eigenvalue weighted by Crippen LogP contribution is 2.29. The molecule has 2 aromatic carbocycles. The summed E-state index contributed by atoms with van der Waals surface area (Å²) in [6.07, 6.45) is 0. The molecule has 28 heavy (non-hydrogen) atoms. The van der Waals surface area contributed by atoms with Gasteiger partial charge in [-0.05, 0) is 42.5 Å². The molecule has 0 unspecified atom stereocenters. The Morgan fingerprint density at radius 2 is 1.82 bits per heavy atom. The van der Waals surface area contributed by atoms with Crippen LogP contribution in [0.15, 0.2) is 47.4 Å². The lowest BCUT2D eigenvalue weighted by Crippen LogP contribution is -2.37. The van der Waals surface area contributed by atoms with Crippen LogP contribution in [0.1, 0.15) is 10.4 Å². The summed E-state index contributed by atoms with van der Waals surface area (Å²) in [6.45, 7) is 1.49. The van der Waals surface area contributed by atoms with Crippen LogP contribution in [0.5, 0.6) is 0 Å². The SMILES string of the molecule is O=C(c1ccc2nc(NS(=O)(=O)c3ccc(Cl)cc3)sc2c1)N1CCSCC1. The van der Waals surface area contributed by atoms with Gasteiger partial charge in [-0.1, -0.05) is 22.9 Å². The maximum atomic E-state index is 12.7. The first kappa shape index (κ1) is 19.5. The number of thioether (sulfide) groups is 1. The van der Waals surface area contributed by atoms with E-state index in [4.69, 9.17) is 11.6 Å². The summed E-state index contributed by atoms with van der Waals surface area (Å²) in [5.41, 5.74) is 1.24. The number of hydrogen-bond acceptors (Lipinski definition) is 6. The molecule has 1 aromatic heterocycles. The molecule has 10 heteroatoms. The first-order chi connectivity index (χ1) is 13.4. The summed E-state index contributed by atoms with van der Waals surface area (Å²) in [5.74, 6) is 1.90. The number of nitrogens with one attached hydrogen (secondary N) is 1. The summed E-state index contributed by atoms with van der Waals surface area (Å²) in [4.78, 5) is 19.0. The van der Waals surface area contributed by atoms with Gasteiger partial charge in [-0.3, -0.25) is 9.52 Å². The topological polar surface area (TPSA) is 79.4 Å². The Morgan fingerprint density at radius 3 is 2.54 bits per heavy atom. The van der Waals surface area contributed by atoms with Crippen molar-refractivity contribution in [2.24, 2.45) is 0 Å². The molecule has 0 spiro atoms. The third-order valence-electron chi connectivity index (χ3n) is 4.28. The van der Waals surface area contributed by atoms with Crippen molar-refractivity contribution < 1.29 is 13.2 Å². The van der Waals surface area contributed by atoms with Gasteiger partial charge in [0.05, 0.1) is 15.1 Å². The second kappa shape index (κ2) is 7.90. The molecule has 0 bridgehead atoms. The lowest BCUT2D eigenvalue weighted by molar-refractivity contribution is 0.0772. The molecule has 1 N–H and O–H groups in total. The largest absolute Gasteiger partial charge is 0.337 e. The second-order valence-electron chi connectivity index (χ2n) is 6.17. The molecule has 1 fully saturated rings. The van der Waals surface area contributed by atoms with E-state index in [9.17, 15) is 13.2 Å². The number of sulfonamides is 1. The predicted molar refractivity (Wildman–Crippen MR) is 115 cm³/mol. The standard InChI is InChI=1S/C18H16ClN3O3S3/c19-13-2-4-14(5-3-13)28(24,25)21-18-20-15-6-1-12(11-16(15)27-18)17(23)22-7-9-26-10-8-22/h1-6,11H,7-10H2,(H,20,21). The van der Waals surface area contributed by atoms with Crippen LogP contribution in [0.2, 0.25) is 5.02 Å². The number of aromatic nitrogens is 1. The highest BCUT2D eigenvalue weighted by molar-refractivity contribution is 7.99. The summed E-state index contributed by atoms with van der Waals surface area (Å²) in [5, 5.41) is 0.715. The highest BCUT2D eigenvalue weighted by Gasteiger charge is 2.20. The van der Waals surface area contributed by atoms with Gasteiger partial charge in [0.1, 0.15) is 0 Å². The van der Waals surface area contributed by atoms with Crippen molar-refractivity contribution in [2.75, 3.05) is 29.3 Å². The van der Waals surface area contributed by atoms with Crippen molar-refractivity contribution in [2.45, 2.75) is 4.90 Å². The Morgan fingerprint density at radius 1 is 1.11 bits per heavy atom. The number of fused-ring (bicyclic) bond motifs is 1. The van der Waals surface area contributed by atoms with Crippen molar-refractivity contribution >= 4 is 66.0 Å². The van der Waals surface area contributed by atoms with Crippen LogP contribution in [-0.4, -0.2) is 48.8 Å². The van der Waals surface area contributed by atoms with Crippen molar-refractivity contribution in [3.05, 3.63) is 53.1 Å². The quantitative estimate of drug-likeness (QED) is 0.647. The van der Waals surface area contributed by atoms with E-state index in [2.05, 4.69) is 9.71 Å². The molecule has 0 atom stereocenters. The third kappa shape index (κ3) is 4.12. The first-order valence-electron chi connectivity index (χ1n) is 8.48. The number of thiazole rings is 1. The van der Waals surface area contributed by atoms with E-state index in [-0.39, 0.29) is 15.9 Å². The summed E-state index contributed by atoms with van der Waals surface area (Å²) >= 11 is 8.86. The van der Waals surface area contributed by atoms with Crippen LogP contribution in [-0.2, 0) is 10.0 Å². The zero-order valence-electron chi connectivity index (χ0n) is 14.6. The van der Waals surface area contributed by atoms with Gasteiger partial charge in [-0.2, -0.15) is 11.8 Å². The molecule has 1 amide bonds. The number of rotatable bonds is 4. The van der Waals surface area contributed by atoms with E-state index < -0.39 is 10.0 Å². The normalized spacial score (nSPS) is 15.0. The zero-order chi connectivity index (χ0) is 19.7. The molecule has 6 nitrogen and oxygen atoms in total. The molecule has 0 saturated carbocycles. The number of carbonyl (C=O) groups is 1. The Bertz CT molecular complexity index is 1120. The molecule has 4 rings (SSSR count). The molecule has 3 aromatic rings. The van der Waals surface area contributed by atoms with E-state index in [1.165, 1.54) is 35.6 Å². The number of amides is 1. The number of carbonyl (C=O) groups excluding carboxylic acids is 1. The Labute approximate surface area is 176 Å². The van der Waals surface area contributed by atoms with E-state index in [0.717, 1.165) is 29.3 Å². The van der Waals surface area contributed by atoms with Crippen LogP contribution >= 0.6 is 34.7 Å². The Balaban J connectivity index is 1.58. The van der Waals surface area contributed by atoms with E-state index in [1.54, 1.807) is 18.2 Å². The number of benzene rings is 2. The van der Waals surface area contributed by atoms with E-state index >= 15 is 0 Å². The maximum absolute atomic E-state index is 12.7. The molecule has 0 aliphatic carbocycles. The van der Waals surface area contributed by atoms with Crippen LogP contribution in [0.4, 0.5) is 5.13 Å². The summed E-state index contributed by atoms with van der Waals surface area (Å²) in [7, 11) is -3.76. The smallest absolute Gasteiger partial charge is 0.263 e. The van der Waals surface area contributed by atoms with Crippen molar-refractivity contribution in [1.29, 1.82) is 0 Å². The van der Waals surface area contributed by atoms with Gasteiger partial charge in [0.2, 0.25) is 0 Å². The summed E-state index contributed by atoms with van der Waals surface area (Å²) in [6, 6.07) is 11.2. The van der Waals surface area contributed by atoms with Gasteiger partial charge in [0.15, 0.2) is 5.13 Å². The predicted octanol–water partition coefficient (Wildman–Crippen LogP) is 3.94. The number of halogens is 1. The van der Waals surface area contributed by atoms with Crippen molar-refractivity contribution in [3.8, 4) is 0 Å². The van der Waals surface area contributed by atoms with Crippen molar-refractivity contribution in [3.63, 3.8) is 0 Å². The molecule has 1 aliphatic rings. The lowest BCUT2D eigenvalue weighted by atomic mass is 10.2. The second-order valence-corrected chi connectivity index (χ2v) is 10.5. The fraction of sp³-hybridized carbons (Fsp3) is 0.222. The zero-order valence-corrected chi connectivity index (χ0v) is 17.8. The minimum Gasteiger partial charge on any atom is -0.337 e. The molecule has 1 saturated heterocycles. The van der Waals surface area contributed by atoms with E-state index in [1.807, 2.05) is 16.7 Å². The molecular weight excluding hydrogens is 438 g/mol. The van der Waals surface area contributed by atoms with Gasteiger partial charge < -0.3 is 4.90 Å². The molecule has 1 aliphatic heterocycles. The average molecular weight is 454 g/mol. The van der Waals surface area contributed by atoms with Gasteiger partial charge in [-0.15, -0.1) is 0 Å². The first-order valence-corrected chi connectivity index (χ1v) is 12.3. The Hall–Kier alpha value is -1.81. The lowest BCUT2D eigenvalue weighted by Gasteiger charge is -2.26. The fourth-order valence-electron chi connectivity index (χ4n) is 2.84. The van der Waals surface area contributed by atoms with Crippen LogP contribution < -0.4 is 4.72 Å². The minimum atomic E-state index is -3.76. The molecule has 0 radical (unpaired) electrons. The van der Waals surface area contributed by atoms with Crippen LogP contribution in [0.25, 0.3) is 10.2 Å². The number of anilines is 1. The van der Waals surface area contributed by atoms with E-state index in [0.29, 0.717) is 16.1 Å². The third-order valence-corrected chi connectivity index (χ3v) is 7.89. The van der Waals surface area contributed by atoms with Gasteiger partial charge >= 0.3 is 0 Å². The minimum absolute atomic E-state index is 0.00102. The van der Waals surface area contributed by atoms with Gasteiger partial charge in [-0.25, -0.2) is 13.4 Å². The fourth-order valence-corrected chi connectivity index (χ4v) is 6.01. The Kier molecular flexibility index (Phi) is 5.50. The van der Waals surface area contributed by atoms with Crippen molar-refractivity contribution in [1.82, 2.24) is 9.88 Å². The van der Waals surface area contributed by atoms with Crippen LogP contribution in [0, 0.1) is 0 Å². The monoisotopic (exact) mass is 453 g/mol.